The molecule has 7 atom stereocenters. The number of aliphatic hydroxyl groups is 1. The average molecular weight is 725 g/mol. The summed E-state index contributed by atoms with van der Waals surface area (Å²) in [7, 11) is 0. The number of aliphatic imine (C=N–C) groups is 1. The summed E-state index contributed by atoms with van der Waals surface area (Å²) in [6.45, 7) is -0.466. The third-order valence-corrected chi connectivity index (χ3v) is 11.1. The zero-order valence-electron chi connectivity index (χ0n) is 28.5. The highest BCUT2D eigenvalue weighted by molar-refractivity contribution is 7.09. The van der Waals surface area contributed by atoms with Crippen molar-refractivity contribution in [2.45, 2.75) is 101 Å². The van der Waals surface area contributed by atoms with Gasteiger partial charge in [-0.1, -0.05) is 43.2 Å². The number of carbonyl (C=O) groups excluding carboxylic acids is 4. The Labute approximate surface area is 300 Å². The van der Waals surface area contributed by atoms with E-state index in [0.29, 0.717) is 19.3 Å². The van der Waals surface area contributed by atoms with Crippen molar-refractivity contribution in [3.05, 3.63) is 57.8 Å². The van der Waals surface area contributed by atoms with Crippen LogP contribution in [0.2, 0.25) is 0 Å². The number of amides is 4. The van der Waals surface area contributed by atoms with Gasteiger partial charge in [-0.2, -0.15) is 0 Å². The van der Waals surface area contributed by atoms with Crippen LogP contribution in [-0.2, 0) is 43.4 Å². The molecule has 15 nitrogen and oxygen atoms in total. The number of carboxylic acid groups (broad SMARTS) is 1. The van der Waals surface area contributed by atoms with Gasteiger partial charge < -0.3 is 47.8 Å². The molecule has 16 heteroatoms. The number of aliphatic hydroxyl groups excluding tert-OH is 1. The summed E-state index contributed by atoms with van der Waals surface area (Å²) in [6.07, 6.45) is 4.50. The molecule has 276 valence electrons. The van der Waals surface area contributed by atoms with Gasteiger partial charge in [0.25, 0.3) is 0 Å². The van der Waals surface area contributed by atoms with Crippen LogP contribution in [0.3, 0.4) is 0 Å². The van der Waals surface area contributed by atoms with E-state index in [9.17, 15) is 34.2 Å². The molecule has 3 heterocycles. The summed E-state index contributed by atoms with van der Waals surface area (Å²) in [5.74, 6) is -3.53. The minimum atomic E-state index is -1.36. The highest BCUT2D eigenvalue weighted by atomic mass is 32.1. The lowest BCUT2D eigenvalue weighted by molar-refractivity contribution is -0.153. The predicted molar refractivity (Wildman–Crippen MR) is 190 cm³/mol. The highest BCUT2D eigenvalue weighted by Gasteiger charge is 2.51. The predicted octanol–water partition coefficient (Wildman–Crippen LogP) is -0.169. The molecular formula is C35H48N8O7S. The second-order valence-corrected chi connectivity index (χ2v) is 14.6. The zero-order valence-corrected chi connectivity index (χ0v) is 29.3. The van der Waals surface area contributed by atoms with E-state index in [0.717, 1.165) is 35.3 Å². The number of thiophene rings is 1. The van der Waals surface area contributed by atoms with Crippen molar-refractivity contribution in [2.24, 2.45) is 28.1 Å². The molecule has 2 unspecified atom stereocenters. The van der Waals surface area contributed by atoms with Crippen molar-refractivity contribution in [1.29, 1.82) is 0 Å². The molecule has 2 aliphatic heterocycles. The van der Waals surface area contributed by atoms with E-state index in [2.05, 4.69) is 15.6 Å². The van der Waals surface area contributed by atoms with E-state index >= 15 is 0 Å². The van der Waals surface area contributed by atoms with Crippen molar-refractivity contribution in [3.8, 4) is 0 Å². The van der Waals surface area contributed by atoms with Crippen LogP contribution in [0.15, 0.2) is 46.8 Å². The number of rotatable bonds is 14. The molecule has 1 aromatic carbocycles. The maximum Gasteiger partial charge on any atom is 0.326 e. The number of hydrogen-bond acceptors (Lipinski definition) is 9. The molecule has 0 radical (unpaired) electrons. The lowest BCUT2D eigenvalue weighted by atomic mass is 9.84. The molecule has 3 aliphatic rings. The minimum absolute atomic E-state index is 0.0398. The van der Waals surface area contributed by atoms with Crippen molar-refractivity contribution in [3.63, 3.8) is 0 Å². The first-order valence-corrected chi connectivity index (χ1v) is 18.3. The van der Waals surface area contributed by atoms with Gasteiger partial charge in [-0.25, -0.2) is 4.79 Å². The van der Waals surface area contributed by atoms with E-state index < -0.39 is 66.4 Å². The Kier molecular flexibility index (Phi) is 12.7. The van der Waals surface area contributed by atoms with Crippen LogP contribution < -0.4 is 27.8 Å². The van der Waals surface area contributed by atoms with Crippen molar-refractivity contribution >= 4 is 46.9 Å². The van der Waals surface area contributed by atoms with E-state index in [1.54, 1.807) is 4.90 Å². The van der Waals surface area contributed by atoms with E-state index in [1.807, 2.05) is 41.8 Å². The maximum atomic E-state index is 14.8. The third-order valence-electron chi connectivity index (χ3n) is 10.2. The Morgan fingerprint density at radius 3 is 2.41 bits per heavy atom. The summed E-state index contributed by atoms with van der Waals surface area (Å²) >= 11 is 1.45. The number of guanidine groups is 1. The number of aliphatic carboxylic acids is 1. The Morgan fingerprint density at radius 2 is 1.73 bits per heavy atom. The molecule has 4 amide bonds. The van der Waals surface area contributed by atoms with Gasteiger partial charge in [0.1, 0.15) is 24.2 Å². The van der Waals surface area contributed by atoms with Crippen LogP contribution in [0.1, 0.15) is 60.9 Å². The lowest BCUT2D eigenvalue weighted by Crippen LogP contribution is -2.62. The fraction of sp³-hybridized carbons (Fsp3) is 0.543. The summed E-state index contributed by atoms with van der Waals surface area (Å²) in [6, 6.07) is 5.37. The number of nitrogens with zero attached hydrogens (tertiary/aromatic N) is 3. The Bertz CT molecular complexity index is 1600. The summed E-state index contributed by atoms with van der Waals surface area (Å²) in [5, 5.41) is 27.4. The first kappa shape index (κ1) is 37.7. The van der Waals surface area contributed by atoms with E-state index in [-0.39, 0.29) is 50.3 Å². The molecule has 5 rings (SSSR count). The van der Waals surface area contributed by atoms with Gasteiger partial charge in [0.05, 0.1) is 12.6 Å². The van der Waals surface area contributed by atoms with Crippen molar-refractivity contribution < 1.29 is 34.2 Å². The van der Waals surface area contributed by atoms with Crippen LogP contribution in [0.25, 0.3) is 0 Å². The third kappa shape index (κ3) is 9.04. The van der Waals surface area contributed by atoms with Gasteiger partial charge in [0.2, 0.25) is 23.6 Å². The molecule has 1 saturated heterocycles. The van der Waals surface area contributed by atoms with E-state index in [1.165, 1.54) is 16.2 Å². The number of nitrogens with two attached hydrogens (primary N) is 3. The molecule has 0 bridgehead atoms. The van der Waals surface area contributed by atoms with Gasteiger partial charge in [-0.3, -0.25) is 24.2 Å². The van der Waals surface area contributed by atoms with Gasteiger partial charge in [-0.05, 0) is 60.6 Å². The topological polar surface area (TPSA) is 247 Å². The monoisotopic (exact) mass is 724 g/mol. The largest absolute Gasteiger partial charge is 0.480 e. The highest BCUT2D eigenvalue weighted by Crippen LogP contribution is 2.41. The smallest absolute Gasteiger partial charge is 0.326 e. The normalized spacial score (nSPS) is 22.9. The zero-order chi connectivity index (χ0) is 36.7. The number of carbonyl (C=O) groups is 5. The molecule has 51 heavy (non-hydrogen) atoms. The molecule has 2 aromatic rings. The molecule has 1 aliphatic carbocycles. The Hall–Kier alpha value is -4.54. The van der Waals surface area contributed by atoms with E-state index in [4.69, 9.17) is 17.2 Å². The van der Waals surface area contributed by atoms with Gasteiger partial charge in [0.15, 0.2) is 5.96 Å². The summed E-state index contributed by atoms with van der Waals surface area (Å²) < 4.78 is 0. The number of benzene rings is 1. The molecule has 1 saturated carbocycles. The first-order valence-electron chi connectivity index (χ1n) is 17.5. The average Bonchev–Trinajstić information content (AvgIpc) is 3.78. The molecule has 2 fully saturated rings. The fourth-order valence-corrected chi connectivity index (χ4v) is 8.35. The van der Waals surface area contributed by atoms with Crippen LogP contribution in [0, 0.1) is 5.92 Å². The summed E-state index contributed by atoms with van der Waals surface area (Å²) in [5.41, 5.74) is 18.6. The standard InChI is InChI=1S/C35H48N8O7S/c36-24(17-23-10-6-14-51-23)30(45)41-26(19-44)32(47)42-18-22-9-2-1-7-20(22)15-29(42)33(48)43-27-12-4-3-8-21(27)16-28(43)31(46)40-25(34(49)50)11-5-13-39-35(37)38/h1-2,6-7,9-10,14,21,24-29,44H,3-5,8,11-13,15-19,36H2,(H,40,46)(H,41,45)(H,49,50)(H4,37,38,39)/t21?,24-,25-,26-,27?,28-,29-/m0/s1. The summed E-state index contributed by atoms with van der Waals surface area (Å²) in [4.78, 5) is 75.9. The second kappa shape index (κ2) is 17.1. The Morgan fingerprint density at radius 1 is 0.980 bits per heavy atom. The van der Waals surface area contributed by atoms with Crippen molar-refractivity contribution in [2.75, 3.05) is 13.2 Å². The van der Waals surface area contributed by atoms with Crippen LogP contribution in [0.4, 0.5) is 0 Å². The van der Waals surface area contributed by atoms with Crippen molar-refractivity contribution in [1.82, 2.24) is 20.4 Å². The molecule has 10 N–H and O–H groups in total. The SMILES string of the molecule is NC(N)=NCCC[C@H](NC(=O)[C@@H]1CC2CCCCC2N1C(=O)[C@@H]1Cc2ccccc2CN1C(=O)[C@H](CO)NC(=O)[C@@H](N)Cc1cccs1)C(=O)O. The molecular weight excluding hydrogens is 677 g/mol. The number of nitrogens with one attached hydrogen (secondary N) is 2. The number of fused-ring (bicyclic) bond motifs is 2. The number of hydrogen-bond donors (Lipinski definition) is 7. The minimum Gasteiger partial charge on any atom is -0.480 e. The van der Waals surface area contributed by atoms with Gasteiger partial charge in [-0.15, -0.1) is 11.3 Å². The van der Waals surface area contributed by atoms with Gasteiger partial charge >= 0.3 is 5.97 Å². The lowest BCUT2D eigenvalue weighted by Gasteiger charge is -2.42. The quantitative estimate of drug-likeness (QED) is 0.0770. The van der Waals surface area contributed by atoms with Crippen LogP contribution in [0.5, 0.6) is 0 Å². The number of carboxylic acids is 1. The molecule has 0 spiro atoms. The second-order valence-electron chi connectivity index (χ2n) is 13.5. The maximum absolute atomic E-state index is 14.8. The van der Waals surface area contributed by atoms with Gasteiger partial charge in [0, 0.05) is 36.9 Å². The Balaban J connectivity index is 1.39. The van der Waals surface area contributed by atoms with Crippen LogP contribution in [-0.4, -0.2) is 105 Å². The molecule has 1 aromatic heterocycles. The fourth-order valence-electron chi connectivity index (χ4n) is 7.59. The van der Waals surface area contributed by atoms with Crippen LogP contribution >= 0.6 is 11.3 Å². The number of likely N-dealkylation sites (tertiary alicyclic amines) is 1. The first-order chi connectivity index (χ1) is 24.5.